The highest BCUT2D eigenvalue weighted by molar-refractivity contribution is 5.88. The van der Waals surface area contributed by atoms with Crippen LogP contribution in [-0.4, -0.2) is 18.1 Å². The molecule has 1 heterocycles. The molecule has 7 nitrogen and oxygen atoms in total. The number of carbonyl (C=O) groups excluding carboxylic acids is 2. The van der Waals surface area contributed by atoms with E-state index in [0.717, 1.165) is 22.1 Å². The number of carbonyl (C=O) groups is 2. The molecule has 1 aromatic heterocycles. The zero-order valence-electron chi connectivity index (χ0n) is 21.8. The first-order valence-electron chi connectivity index (χ1n) is 12.7. The fourth-order valence-corrected chi connectivity index (χ4v) is 4.31. The summed E-state index contributed by atoms with van der Waals surface area (Å²) in [6.45, 7) is 5.63. The van der Waals surface area contributed by atoms with Crippen LogP contribution in [0.2, 0.25) is 0 Å². The standard InChI is InChI=1S/C31H31NO6/c1-4-11-26(32-31(35)36-19-23-14-9-6-10-15-23)30(34)37-27-17-16-24-20(2)25(18-22-12-7-5-8-13-22)29(33)38-28(24)21(27)3/h5-10,12-17,26H,4,11,18-19H2,1-3H3,(H,32,35)/t26-/m0/s1. The fraction of sp³-hybridized carbons (Fsp3) is 0.258. The summed E-state index contributed by atoms with van der Waals surface area (Å²) in [5, 5.41) is 3.38. The van der Waals surface area contributed by atoms with Crippen molar-refractivity contribution in [3.05, 3.63) is 111 Å². The molecule has 0 aliphatic heterocycles. The van der Waals surface area contributed by atoms with E-state index in [-0.39, 0.29) is 12.4 Å². The van der Waals surface area contributed by atoms with Crippen molar-refractivity contribution < 1.29 is 23.5 Å². The van der Waals surface area contributed by atoms with Crippen LogP contribution in [0.15, 0.2) is 82.0 Å². The molecule has 0 saturated heterocycles. The molecule has 0 unspecified atom stereocenters. The Bertz CT molecular complexity index is 1480. The lowest BCUT2D eigenvalue weighted by Crippen LogP contribution is -2.43. The molecule has 0 bridgehead atoms. The van der Waals surface area contributed by atoms with Crippen molar-refractivity contribution in [3.8, 4) is 5.75 Å². The summed E-state index contributed by atoms with van der Waals surface area (Å²) in [4.78, 5) is 38.2. The van der Waals surface area contributed by atoms with E-state index in [1.165, 1.54) is 0 Å². The smallest absolute Gasteiger partial charge is 0.408 e. The molecule has 38 heavy (non-hydrogen) atoms. The lowest BCUT2D eigenvalue weighted by molar-refractivity contribution is -0.136. The van der Waals surface area contributed by atoms with E-state index >= 15 is 0 Å². The summed E-state index contributed by atoms with van der Waals surface area (Å²) in [5.41, 5.74) is 3.76. The molecule has 1 N–H and O–H groups in total. The SMILES string of the molecule is CCC[C@H](NC(=O)OCc1ccccc1)C(=O)Oc1ccc2c(C)c(Cc3ccccc3)c(=O)oc2c1C. The Morgan fingerprint density at radius 3 is 2.21 bits per heavy atom. The van der Waals surface area contributed by atoms with Crippen LogP contribution in [0.5, 0.6) is 5.75 Å². The molecule has 0 radical (unpaired) electrons. The van der Waals surface area contributed by atoms with E-state index in [2.05, 4.69) is 5.32 Å². The number of aryl methyl sites for hydroxylation is 2. The summed E-state index contributed by atoms with van der Waals surface area (Å²) in [5.74, 6) is -0.354. The Labute approximate surface area is 221 Å². The number of ether oxygens (including phenoxy) is 2. The van der Waals surface area contributed by atoms with Crippen LogP contribution in [0.25, 0.3) is 11.0 Å². The van der Waals surface area contributed by atoms with E-state index < -0.39 is 23.7 Å². The molecular formula is C31H31NO6. The van der Waals surface area contributed by atoms with Gasteiger partial charge in [-0.2, -0.15) is 0 Å². The Kier molecular flexibility index (Phi) is 8.58. The van der Waals surface area contributed by atoms with Crippen LogP contribution in [-0.2, 0) is 22.6 Å². The number of amides is 1. The third kappa shape index (κ3) is 6.29. The maximum absolute atomic E-state index is 13.0. The van der Waals surface area contributed by atoms with Gasteiger partial charge in [0.15, 0.2) is 0 Å². The van der Waals surface area contributed by atoms with Gasteiger partial charge in [-0.15, -0.1) is 0 Å². The fourth-order valence-electron chi connectivity index (χ4n) is 4.31. The first-order valence-corrected chi connectivity index (χ1v) is 12.7. The topological polar surface area (TPSA) is 94.8 Å². The quantitative estimate of drug-likeness (QED) is 0.168. The van der Waals surface area contributed by atoms with Crippen molar-refractivity contribution in [2.24, 2.45) is 0 Å². The second-order valence-electron chi connectivity index (χ2n) is 9.19. The van der Waals surface area contributed by atoms with Gasteiger partial charge in [-0.3, -0.25) is 0 Å². The van der Waals surface area contributed by atoms with E-state index in [1.807, 2.05) is 74.5 Å². The van der Waals surface area contributed by atoms with Gasteiger partial charge in [-0.1, -0.05) is 74.0 Å². The predicted molar refractivity (Wildman–Crippen MR) is 145 cm³/mol. The molecule has 0 aliphatic rings. The van der Waals surface area contributed by atoms with Crippen LogP contribution >= 0.6 is 0 Å². The highest BCUT2D eigenvalue weighted by Gasteiger charge is 2.24. The number of hydrogen-bond acceptors (Lipinski definition) is 6. The maximum atomic E-state index is 13.0. The molecule has 4 aromatic rings. The molecule has 0 aliphatic carbocycles. The minimum Gasteiger partial charge on any atom is -0.445 e. The van der Waals surface area contributed by atoms with Crippen LogP contribution in [0.4, 0.5) is 4.79 Å². The van der Waals surface area contributed by atoms with E-state index in [0.29, 0.717) is 36.0 Å². The number of benzene rings is 3. The van der Waals surface area contributed by atoms with Crippen molar-refractivity contribution >= 4 is 23.0 Å². The van der Waals surface area contributed by atoms with Gasteiger partial charge in [-0.25, -0.2) is 14.4 Å². The number of rotatable bonds is 9. The monoisotopic (exact) mass is 513 g/mol. The van der Waals surface area contributed by atoms with Gasteiger partial charge in [0, 0.05) is 22.9 Å². The molecule has 0 spiro atoms. The second-order valence-corrected chi connectivity index (χ2v) is 9.19. The highest BCUT2D eigenvalue weighted by Crippen LogP contribution is 2.30. The van der Waals surface area contributed by atoms with Crippen molar-refractivity contribution in [2.45, 2.75) is 52.7 Å². The number of alkyl carbamates (subject to hydrolysis) is 1. The zero-order chi connectivity index (χ0) is 27.1. The third-order valence-electron chi connectivity index (χ3n) is 6.46. The minimum atomic E-state index is -0.889. The summed E-state index contributed by atoms with van der Waals surface area (Å²) in [6.07, 6.45) is 0.786. The lowest BCUT2D eigenvalue weighted by Gasteiger charge is -2.18. The normalized spacial score (nSPS) is 11.7. The largest absolute Gasteiger partial charge is 0.445 e. The van der Waals surface area contributed by atoms with Crippen molar-refractivity contribution in [3.63, 3.8) is 0 Å². The first kappa shape index (κ1) is 26.7. The van der Waals surface area contributed by atoms with Gasteiger partial charge in [0.25, 0.3) is 0 Å². The van der Waals surface area contributed by atoms with Gasteiger partial charge in [0.05, 0.1) is 0 Å². The van der Waals surface area contributed by atoms with E-state index in [1.54, 1.807) is 19.1 Å². The second kappa shape index (κ2) is 12.2. The number of fused-ring (bicyclic) bond motifs is 1. The van der Waals surface area contributed by atoms with Crippen LogP contribution in [0.1, 0.15) is 47.6 Å². The summed E-state index contributed by atoms with van der Waals surface area (Å²) in [6, 6.07) is 21.6. The molecule has 7 heteroatoms. The van der Waals surface area contributed by atoms with Crippen LogP contribution < -0.4 is 15.7 Å². The lowest BCUT2D eigenvalue weighted by atomic mass is 9.98. The van der Waals surface area contributed by atoms with Crippen molar-refractivity contribution in [2.75, 3.05) is 0 Å². The molecule has 4 rings (SSSR count). The third-order valence-corrected chi connectivity index (χ3v) is 6.46. The molecule has 1 atom stereocenters. The summed E-state index contributed by atoms with van der Waals surface area (Å²) < 4.78 is 16.6. The molecule has 0 saturated carbocycles. The van der Waals surface area contributed by atoms with Gasteiger partial charge >= 0.3 is 17.7 Å². The minimum absolute atomic E-state index is 0.0923. The van der Waals surface area contributed by atoms with Gasteiger partial charge in [-0.05, 0) is 49.1 Å². The molecule has 0 fully saturated rings. The first-order chi connectivity index (χ1) is 18.4. The average molecular weight is 514 g/mol. The number of esters is 1. The predicted octanol–water partition coefficient (Wildman–Crippen LogP) is 6.00. The maximum Gasteiger partial charge on any atom is 0.408 e. The van der Waals surface area contributed by atoms with Crippen molar-refractivity contribution in [1.82, 2.24) is 5.32 Å². The zero-order valence-corrected chi connectivity index (χ0v) is 21.8. The summed E-state index contributed by atoms with van der Waals surface area (Å²) in [7, 11) is 0. The Balaban J connectivity index is 1.50. The number of hydrogen-bond donors (Lipinski definition) is 1. The van der Waals surface area contributed by atoms with Gasteiger partial charge in [0.1, 0.15) is 24.0 Å². The van der Waals surface area contributed by atoms with Crippen LogP contribution in [0, 0.1) is 13.8 Å². The molecular weight excluding hydrogens is 482 g/mol. The van der Waals surface area contributed by atoms with Gasteiger partial charge in [0.2, 0.25) is 0 Å². The Morgan fingerprint density at radius 1 is 0.895 bits per heavy atom. The Morgan fingerprint density at radius 2 is 1.55 bits per heavy atom. The Hall–Kier alpha value is -4.39. The average Bonchev–Trinajstić information content (AvgIpc) is 2.92. The number of nitrogens with one attached hydrogen (secondary N) is 1. The van der Waals surface area contributed by atoms with Crippen molar-refractivity contribution in [1.29, 1.82) is 0 Å². The molecule has 3 aromatic carbocycles. The highest BCUT2D eigenvalue weighted by atomic mass is 16.6. The van der Waals surface area contributed by atoms with Gasteiger partial charge < -0.3 is 19.2 Å². The van der Waals surface area contributed by atoms with E-state index in [4.69, 9.17) is 13.9 Å². The van der Waals surface area contributed by atoms with E-state index in [9.17, 15) is 14.4 Å². The molecule has 1 amide bonds. The van der Waals surface area contributed by atoms with Crippen LogP contribution in [0.3, 0.4) is 0 Å². The summed E-state index contributed by atoms with van der Waals surface area (Å²) >= 11 is 0. The molecule has 196 valence electrons.